The minimum absolute atomic E-state index is 0.0208. The Morgan fingerprint density at radius 3 is 3.07 bits per heavy atom. The Bertz CT molecular complexity index is 435. The van der Waals surface area contributed by atoms with Crippen molar-refractivity contribution in [2.75, 3.05) is 11.1 Å². The predicted octanol–water partition coefficient (Wildman–Crippen LogP) is -0.509. The number of aromatic nitrogens is 5. The molecule has 0 aliphatic heterocycles. The lowest BCUT2D eigenvalue weighted by molar-refractivity contribution is 0.101. The van der Waals surface area contributed by atoms with Crippen LogP contribution >= 0.6 is 11.3 Å². The van der Waals surface area contributed by atoms with Gasteiger partial charge in [-0.25, -0.2) is 0 Å². The number of aromatic amines is 1. The van der Waals surface area contributed by atoms with E-state index in [1.807, 2.05) is 0 Å². The third kappa shape index (κ3) is 1.66. The Morgan fingerprint density at radius 1 is 1.64 bits per heavy atom. The van der Waals surface area contributed by atoms with Crippen molar-refractivity contribution in [2.24, 2.45) is 0 Å². The standard InChI is InChI=1S/C5H5N7OS/c6-4-8-2(10-11-4)3(13)9-5-12-7-1-14-5/h1H,(H,9,12,13)(H3,6,8,10,11). The van der Waals surface area contributed by atoms with Gasteiger partial charge in [-0.15, -0.1) is 15.3 Å². The topological polar surface area (TPSA) is 122 Å². The minimum atomic E-state index is -0.453. The fraction of sp³-hybridized carbons (Fsp3) is 0. The summed E-state index contributed by atoms with van der Waals surface area (Å²) in [6.07, 6.45) is 0. The molecule has 72 valence electrons. The number of hydrogen-bond acceptors (Lipinski definition) is 7. The van der Waals surface area contributed by atoms with Crippen molar-refractivity contribution in [3.8, 4) is 0 Å². The number of anilines is 2. The molecule has 0 spiro atoms. The summed E-state index contributed by atoms with van der Waals surface area (Å²) in [5.41, 5.74) is 6.74. The lowest BCUT2D eigenvalue weighted by Gasteiger charge is -1.94. The molecular formula is C5H5N7OS. The lowest BCUT2D eigenvalue weighted by atomic mass is 10.6. The number of rotatable bonds is 2. The van der Waals surface area contributed by atoms with Gasteiger partial charge in [0.15, 0.2) is 0 Å². The fourth-order valence-electron chi connectivity index (χ4n) is 0.760. The monoisotopic (exact) mass is 211 g/mol. The summed E-state index contributed by atoms with van der Waals surface area (Å²) < 4.78 is 0. The van der Waals surface area contributed by atoms with Crippen molar-refractivity contribution in [3.05, 3.63) is 11.3 Å². The van der Waals surface area contributed by atoms with E-state index in [0.29, 0.717) is 5.13 Å². The van der Waals surface area contributed by atoms with Crippen LogP contribution < -0.4 is 11.1 Å². The number of carbonyl (C=O) groups is 1. The van der Waals surface area contributed by atoms with Crippen LogP contribution in [0.5, 0.6) is 0 Å². The first-order valence-electron chi connectivity index (χ1n) is 3.51. The van der Waals surface area contributed by atoms with Gasteiger partial charge < -0.3 is 5.73 Å². The molecule has 4 N–H and O–H groups in total. The number of nitrogens with one attached hydrogen (secondary N) is 2. The van der Waals surface area contributed by atoms with E-state index in [-0.39, 0.29) is 11.8 Å². The minimum Gasteiger partial charge on any atom is -0.366 e. The maximum Gasteiger partial charge on any atom is 0.294 e. The van der Waals surface area contributed by atoms with Crippen molar-refractivity contribution < 1.29 is 4.79 Å². The molecule has 2 rings (SSSR count). The summed E-state index contributed by atoms with van der Waals surface area (Å²) in [4.78, 5) is 15.0. The van der Waals surface area contributed by atoms with Crippen LogP contribution in [0, 0.1) is 0 Å². The largest absolute Gasteiger partial charge is 0.366 e. The van der Waals surface area contributed by atoms with Crippen LogP contribution in [0.1, 0.15) is 10.6 Å². The van der Waals surface area contributed by atoms with Gasteiger partial charge in [-0.2, -0.15) is 4.98 Å². The lowest BCUT2D eigenvalue weighted by Crippen LogP contribution is -2.13. The van der Waals surface area contributed by atoms with Crippen molar-refractivity contribution in [3.63, 3.8) is 0 Å². The number of nitrogens with zero attached hydrogens (tertiary/aromatic N) is 4. The van der Waals surface area contributed by atoms with Gasteiger partial charge in [-0.1, -0.05) is 11.3 Å². The van der Waals surface area contributed by atoms with Crippen molar-refractivity contribution in [1.82, 2.24) is 25.4 Å². The van der Waals surface area contributed by atoms with E-state index in [4.69, 9.17) is 5.73 Å². The van der Waals surface area contributed by atoms with Gasteiger partial charge in [0.05, 0.1) is 0 Å². The van der Waals surface area contributed by atoms with Crippen molar-refractivity contribution in [2.45, 2.75) is 0 Å². The van der Waals surface area contributed by atoms with Gasteiger partial charge in [0.1, 0.15) is 5.51 Å². The SMILES string of the molecule is Nc1n[nH]c(C(=O)Nc2nncs2)n1. The summed E-state index contributed by atoms with van der Waals surface area (Å²) in [7, 11) is 0. The average Bonchev–Trinajstić information content (AvgIpc) is 2.75. The van der Waals surface area contributed by atoms with Gasteiger partial charge in [0, 0.05) is 0 Å². The van der Waals surface area contributed by atoms with E-state index in [1.54, 1.807) is 0 Å². The first-order chi connectivity index (χ1) is 6.75. The number of H-pyrrole nitrogens is 1. The summed E-state index contributed by atoms with van der Waals surface area (Å²) >= 11 is 1.21. The van der Waals surface area contributed by atoms with Crippen LogP contribution in [0.25, 0.3) is 0 Å². The van der Waals surface area contributed by atoms with Gasteiger partial charge >= 0.3 is 0 Å². The number of carbonyl (C=O) groups excluding carboxylic acids is 1. The molecule has 0 unspecified atom stereocenters. The molecule has 0 aromatic carbocycles. The van der Waals surface area contributed by atoms with E-state index >= 15 is 0 Å². The van der Waals surface area contributed by atoms with E-state index in [9.17, 15) is 4.79 Å². The Hall–Kier alpha value is -2.03. The highest BCUT2D eigenvalue weighted by Crippen LogP contribution is 2.08. The summed E-state index contributed by atoms with van der Waals surface area (Å²) in [5.74, 6) is -0.393. The second-order valence-corrected chi connectivity index (χ2v) is 3.07. The molecule has 0 atom stereocenters. The Balaban J connectivity index is 2.10. The highest BCUT2D eigenvalue weighted by molar-refractivity contribution is 7.13. The second-order valence-electron chi connectivity index (χ2n) is 2.24. The number of hydrogen-bond donors (Lipinski definition) is 3. The molecule has 2 aromatic rings. The zero-order valence-corrected chi connectivity index (χ0v) is 7.58. The summed E-state index contributed by atoms with van der Waals surface area (Å²) in [6, 6.07) is 0. The van der Waals surface area contributed by atoms with E-state index in [0.717, 1.165) is 0 Å². The Kier molecular flexibility index (Phi) is 2.07. The summed E-state index contributed by atoms with van der Waals surface area (Å²) in [6.45, 7) is 0. The highest BCUT2D eigenvalue weighted by Gasteiger charge is 2.11. The maximum absolute atomic E-state index is 11.4. The molecule has 0 aliphatic rings. The maximum atomic E-state index is 11.4. The molecule has 0 radical (unpaired) electrons. The van der Waals surface area contributed by atoms with Crippen LogP contribution in [-0.4, -0.2) is 31.3 Å². The van der Waals surface area contributed by atoms with Gasteiger partial charge in [-0.3, -0.25) is 15.2 Å². The molecular weight excluding hydrogens is 206 g/mol. The Morgan fingerprint density at radius 2 is 2.50 bits per heavy atom. The molecule has 0 saturated heterocycles. The quantitative estimate of drug-likeness (QED) is 0.614. The molecule has 2 aromatic heterocycles. The number of amides is 1. The third-order valence-electron chi connectivity index (χ3n) is 1.30. The molecule has 8 nitrogen and oxygen atoms in total. The predicted molar refractivity (Wildman–Crippen MR) is 48.7 cm³/mol. The molecule has 0 saturated carbocycles. The van der Waals surface area contributed by atoms with E-state index in [2.05, 4.69) is 30.7 Å². The summed E-state index contributed by atoms with van der Waals surface area (Å²) in [5, 5.41) is 15.9. The van der Waals surface area contributed by atoms with Gasteiger partial charge in [0.2, 0.25) is 16.9 Å². The van der Waals surface area contributed by atoms with Crippen LogP contribution in [0.3, 0.4) is 0 Å². The molecule has 1 amide bonds. The van der Waals surface area contributed by atoms with Gasteiger partial charge in [0.25, 0.3) is 5.91 Å². The normalized spacial score (nSPS) is 10.0. The smallest absolute Gasteiger partial charge is 0.294 e. The van der Waals surface area contributed by atoms with E-state index in [1.165, 1.54) is 16.8 Å². The average molecular weight is 211 g/mol. The third-order valence-corrected chi connectivity index (χ3v) is 1.90. The van der Waals surface area contributed by atoms with Gasteiger partial charge in [-0.05, 0) is 0 Å². The zero-order chi connectivity index (χ0) is 9.97. The number of nitrogens with two attached hydrogens (primary N) is 1. The molecule has 9 heteroatoms. The first kappa shape index (κ1) is 8.56. The van der Waals surface area contributed by atoms with Crippen molar-refractivity contribution >= 4 is 28.3 Å². The molecule has 14 heavy (non-hydrogen) atoms. The van der Waals surface area contributed by atoms with Crippen LogP contribution in [0.4, 0.5) is 11.1 Å². The molecule has 0 aliphatic carbocycles. The zero-order valence-electron chi connectivity index (χ0n) is 6.76. The number of nitrogen functional groups attached to an aromatic ring is 1. The molecule has 2 heterocycles. The van der Waals surface area contributed by atoms with Crippen molar-refractivity contribution in [1.29, 1.82) is 0 Å². The molecule has 0 fully saturated rings. The van der Waals surface area contributed by atoms with E-state index < -0.39 is 5.91 Å². The van der Waals surface area contributed by atoms with Crippen LogP contribution in [0.15, 0.2) is 5.51 Å². The fourth-order valence-corrected chi connectivity index (χ4v) is 1.20. The highest BCUT2D eigenvalue weighted by atomic mass is 32.1. The first-order valence-corrected chi connectivity index (χ1v) is 4.39. The second kappa shape index (κ2) is 3.38. The molecule has 0 bridgehead atoms. The van der Waals surface area contributed by atoms with Crippen LogP contribution in [0.2, 0.25) is 0 Å². The Labute approximate surface area is 81.6 Å². The van der Waals surface area contributed by atoms with Crippen LogP contribution in [-0.2, 0) is 0 Å².